The monoisotopic (exact) mass is 449 g/mol. The number of nitrogens with zero attached hydrogens (tertiary/aromatic N) is 7. The van der Waals surface area contributed by atoms with E-state index in [9.17, 15) is 5.26 Å². The zero-order valence-electron chi connectivity index (χ0n) is 20.1. The van der Waals surface area contributed by atoms with Crippen molar-refractivity contribution >= 4 is 5.82 Å². The van der Waals surface area contributed by atoms with Crippen LogP contribution < -0.4 is 9.64 Å². The molecule has 8 heteroatoms. The van der Waals surface area contributed by atoms with Crippen molar-refractivity contribution in [3.8, 4) is 12.1 Å². The lowest BCUT2D eigenvalue weighted by Gasteiger charge is -2.40. The number of nitriles is 1. The van der Waals surface area contributed by atoms with E-state index in [0.29, 0.717) is 19.0 Å². The van der Waals surface area contributed by atoms with Gasteiger partial charge in [-0.25, -0.2) is 0 Å². The molecule has 8 nitrogen and oxygen atoms in total. The minimum absolute atomic E-state index is 0.214. The molecule has 2 aromatic rings. The van der Waals surface area contributed by atoms with Gasteiger partial charge in [0.25, 0.3) is 0 Å². The molecule has 1 saturated heterocycles. The van der Waals surface area contributed by atoms with Gasteiger partial charge in [-0.3, -0.25) is 9.80 Å². The van der Waals surface area contributed by atoms with Crippen LogP contribution in [-0.2, 0) is 19.5 Å². The van der Waals surface area contributed by atoms with E-state index in [-0.39, 0.29) is 6.04 Å². The fourth-order valence-corrected chi connectivity index (χ4v) is 4.53. The van der Waals surface area contributed by atoms with Crippen LogP contribution in [0, 0.1) is 11.3 Å². The van der Waals surface area contributed by atoms with E-state index in [4.69, 9.17) is 14.7 Å². The molecule has 4 rings (SSSR count). The van der Waals surface area contributed by atoms with Crippen molar-refractivity contribution in [2.75, 3.05) is 65.4 Å². The molecule has 1 aromatic carbocycles. The van der Waals surface area contributed by atoms with Gasteiger partial charge in [0.2, 0.25) is 0 Å². The topological polar surface area (TPSA) is 71.8 Å². The highest BCUT2D eigenvalue weighted by Gasteiger charge is 2.30. The number of piperazine rings is 1. The van der Waals surface area contributed by atoms with Crippen LogP contribution in [0.4, 0.5) is 5.82 Å². The largest absolute Gasteiger partial charge is 0.462 e. The molecule has 1 atom stereocenters. The standard InChI is InChI=1S/C25H35N7O/c1-29(2)15-16-33-25-27-23-19-31(17-20-7-5-4-6-8-20)12-10-22(23)24(28-25)32-14-13-30(3)21(18-32)9-11-26/h4-8,21H,9-10,12-19H2,1-3H3. The van der Waals surface area contributed by atoms with Gasteiger partial charge >= 0.3 is 6.01 Å². The van der Waals surface area contributed by atoms with Gasteiger partial charge in [-0.15, -0.1) is 0 Å². The summed E-state index contributed by atoms with van der Waals surface area (Å²) in [5, 5.41) is 9.27. The number of hydrogen-bond acceptors (Lipinski definition) is 8. The molecule has 0 spiro atoms. The van der Waals surface area contributed by atoms with Gasteiger partial charge in [0.1, 0.15) is 12.4 Å². The normalized spacial score (nSPS) is 19.4. The highest BCUT2D eigenvalue weighted by Crippen LogP contribution is 2.30. The average molecular weight is 450 g/mol. The molecule has 2 aliphatic heterocycles. The van der Waals surface area contributed by atoms with Crippen molar-refractivity contribution in [3.63, 3.8) is 0 Å². The Hall–Kier alpha value is -2.73. The number of benzene rings is 1. The van der Waals surface area contributed by atoms with E-state index >= 15 is 0 Å². The lowest BCUT2D eigenvalue weighted by molar-refractivity contribution is 0.215. The minimum Gasteiger partial charge on any atom is -0.462 e. The second-order valence-corrected chi connectivity index (χ2v) is 9.30. The van der Waals surface area contributed by atoms with Gasteiger partial charge < -0.3 is 14.5 Å². The molecule has 33 heavy (non-hydrogen) atoms. The summed E-state index contributed by atoms with van der Waals surface area (Å²) in [6.07, 6.45) is 1.45. The van der Waals surface area contributed by atoms with E-state index in [1.54, 1.807) is 0 Å². The first kappa shape index (κ1) is 23.4. The zero-order valence-corrected chi connectivity index (χ0v) is 20.1. The summed E-state index contributed by atoms with van der Waals surface area (Å²) in [4.78, 5) is 18.9. The van der Waals surface area contributed by atoms with Crippen molar-refractivity contribution in [2.45, 2.75) is 32.0 Å². The number of hydrogen-bond donors (Lipinski definition) is 0. The Kier molecular flexibility index (Phi) is 7.76. The van der Waals surface area contributed by atoms with Crippen LogP contribution in [0.15, 0.2) is 30.3 Å². The number of rotatable bonds is 8. The molecule has 0 amide bonds. The molecular weight excluding hydrogens is 414 g/mol. The molecule has 0 saturated carbocycles. The third-order valence-electron chi connectivity index (χ3n) is 6.52. The lowest BCUT2D eigenvalue weighted by Crippen LogP contribution is -2.52. The number of ether oxygens (including phenoxy) is 1. The maximum atomic E-state index is 9.27. The van der Waals surface area contributed by atoms with Crippen molar-refractivity contribution in [3.05, 3.63) is 47.2 Å². The molecule has 0 bridgehead atoms. The predicted molar refractivity (Wildman–Crippen MR) is 129 cm³/mol. The van der Waals surface area contributed by atoms with E-state index < -0.39 is 0 Å². The van der Waals surface area contributed by atoms with Crippen LogP contribution >= 0.6 is 0 Å². The van der Waals surface area contributed by atoms with Crippen LogP contribution in [0.5, 0.6) is 6.01 Å². The molecule has 2 aliphatic rings. The molecule has 1 unspecified atom stereocenters. The second-order valence-electron chi connectivity index (χ2n) is 9.30. The minimum atomic E-state index is 0.214. The first-order valence-corrected chi connectivity index (χ1v) is 11.8. The van der Waals surface area contributed by atoms with E-state index in [1.807, 2.05) is 14.1 Å². The summed E-state index contributed by atoms with van der Waals surface area (Å²) in [7, 11) is 6.17. The van der Waals surface area contributed by atoms with E-state index in [1.165, 1.54) is 11.1 Å². The van der Waals surface area contributed by atoms with Gasteiger partial charge in [-0.2, -0.15) is 15.2 Å². The fraction of sp³-hybridized carbons (Fsp3) is 0.560. The predicted octanol–water partition coefficient (Wildman–Crippen LogP) is 2.01. The first-order chi connectivity index (χ1) is 16.0. The highest BCUT2D eigenvalue weighted by molar-refractivity contribution is 5.52. The average Bonchev–Trinajstić information content (AvgIpc) is 2.80. The Balaban J connectivity index is 1.58. The first-order valence-electron chi connectivity index (χ1n) is 11.8. The number of fused-ring (bicyclic) bond motifs is 1. The SMILES string of the molecule is CN(C)CCOc1nc2c(c(N3CCN(C)C(CC#N)C3)n1)CCN(Cc1ccccc1)C2. The van der Waals surface area contributed by atoms with Crippen LogP contribution in [0.1, 0.15) is 23.2 Å². The van der Waals surface area contributed by atoms with Crippen molar-refractivity contribution in [1.82, 2.24) is 24.7 Å². The molecule has 3 heterocycles. The van der Waals surface area contributed by atoms with Crippen LogP contribution in [0.2, 0.25) is 0 Å². The Labute approximate surface area is 197 Å². The summed E-state index contributed by atoms with van der Waals surface area (Å²) in [6, 6.07) is 13.6. The number of anilines is 1. The summed E-state index contributed by atoms with van der Waals surface area (Å²) >= 11 is 0. The van der Waals surface area contributed by atoms with E-state index in [2.05, 4.69) is 63.0 Å². The fourth-order valence-electron chi connectivity index (χ4n) is 4.53. The van der Waals surface area contributed by atoms with Gasteiger partial charge in [0.15, 0.2) is 0 Å². The van der Waals surface area contributed by atoms with Crippen molar-refractivity contribution < 1.29 is 4.74 Å². The van der Waals surface area contributed by atoms with Crippen LogP contribution in [-0.4, -0.2) is 91.2 Å². The third kappa shape index (κ3) is 5.99. The van der Waals surface area contributed by atoms with E-state index in [0.717, 1.165) is 63.7 Å². The summed E-state index contributed by atoms with van der Waals surface area (Å²) in [5.74, 6) is 0.996. The van der Waals surface area contributed by atoms with Gasteiger partial charge in [-0.05, 0) is 33.1 Å². The summed E-state index contributed by atoms with van der Waals surface area (Å²) in [5.41, 5.74) is 3.62. The Morgan fingerprint density at radius 1 is 1.15 bits per heavy atom. The molecule has 1 aromatic heterocycles. The zero-order chi connectivity index (χ0) is 23.2. The molecule has 1 fully saturated rings. The smallest absolute Gasteiger partial charge is 0.318 e. The Morgan fingerprint density at radius 3 is 2.73 bits per heavy atom. The molecule has 0 aliphatic carbocycles. The second kappa shape index (κ2) is 10.9. The molecule has 176 valence electrons. The quantitative estimate of drug-likeness (QED) is 0.606. The molecule has 0 N–H and O–H groups in total. The molecule has 0 radical (unpaired) electrons. The lowest BCUT2D eigenvalue weighted by atomic mass is 10.0. The Morgan fingerprint density at radius 2 is 1.97 bits per heavy atom. The van der Waals surface area contributed by atoms with Crippen LogP contribution in [0.3, 0.4) is 0 Å². The van der Waals surface area contributed by atoms with Crippen molar-refractivity contribution in [2.24, 2.45) is 0 Å². The van der Waals surface area contributed by atoms with Gasteiger partial charge in [-0.1, -0.05) is 30.3 Å². The summed E-state index contributed by atoms with van der Waals surface area (Å²) < 4.78 is 5.99. The highest BCUT2D eigenvalue weighted by atomic mass is 16.5. The van der Waals surface area contributed by atoms with Gasteiger partial charge in [0, 0.05) is 57.4 Å². The maximum Gasteiger partial charge on any atom is 0.318 e. The maximum absolute atomic E-state index is 9.27. The molecular formula is C25H35N7O. The third-order valence-corrected chi connectivity index (χ3v) is 6.52. The number of likely N-dealkylation sites (N-methyl/N-ethyl adjacent to an activating group) is 2. The number of aromatic nitrogens is 2. The summed E-state index contributed by atoms with van der Waals surface area (Å²) in [6.45, 7) is 6.67. The Bertz CT molecular complexity index is 959. The van der Waals surface area contributed by atoms with Gasteiger partial charge in [0.05, 0.1) is 18.2 Å². The van der Waals surface area contributed by atoms with Crippen molar-refractivity contribution in [1.29, 1.82) is 5.26 Å². The van der Waals surface area contributed by atoms with Crippen LogP contribution in [0.25, 0.3) is 0 Å².